The van der Waals surface area contributed by atoms with Crippen LogP contribution in [-0.2, 0) is 33.3 Å². The Bertz CT molecular complexity index is 1800. The molecule has 0 heterocycles. The molecule has 2 unspecified atom stereocenters. The topological polar surface area (TPSA) is 385 Å². The number of rotatable bonds is 28. The summed E-state index contributed by atoms with van der Waals surface area (Å²) in [6.45, 7) is 0.317. The van der Waals surface area contributed by atoms with Gasteiger partial charge in [0.1, 0.15) is 37.9 Å². The number of ether oxygens (including phenoxy) is 6. The van der Waals surface area contributed by atoms with Crippen molar-refractivity contribution < 1.29 is 100 Å². The molecule has 2 rings (SSSR count). The number of carboxylic acids is 1. The number of amides is 2. The molecule has 0 aromatic heterocycles. The monoisotopic (exact) mass is 895 g/mol. The van der Waals surface area contributed by atoms with Crippen LogP contribution in [0.4, 0.5) is 13.2 Å². The molecule has 6 N–H and O–H groups in total. The van der Waals surface area contributed by atoms with Crippen LogP contribution in [0, 0.1) is 4.91 Å². The number of carboxylic acid groups (broad SMARTS) is 1. The molecule has 0 aliphatic heterocycles. The van der Waals surface area contributed by atoms with Crippen LogP contribution in [-0.4, -0.2) is 119 Å². The number of nitrogens with zero attached hydrogens (tertiary/aromatic N) is 9. The quantitative estimate of drug-likeness (QED) is 0.0112. The fourth-order valence-corrected chi connectivity index (χ4v) is 3.74. The van der Waals surface area contributed by atoms with Gasteiger partial charge in [-0.05, 0) is 59.7 Å². The molecule has 0 fully saturated rings. The van der Waals surface area contributed by atoms with Gasteiger partial charge in [0, 0.05) is 33.9 Å². The third-order valence-corrected chi connectivity index (χ3v) is 6.25. The zero-order valence-electron chi connectivity index (χ0n) is 33.1. The molecule has 2 atom stereocenters. The summed E-state index contributed by atoms with van der Waals surface area (Å²) in [7, 11) is 0. The number of alkyl halides is 3. The van der Waals surface area contributed by atoms with Crippen LogP contribution >= 0.6 is 0 Å². The molecule has 0 radical (unpaired) electrons. The van der Waals surface area contributed by atoms with Gasteiger partial charge in [0.2, 0.25) is 5.78 Å². The predicted octanol–water partition coefficient (Wildman–Crippen LogP) is 0.239. The van der Waals surface area contributed by atoms with Crippen LogP contribution in [0.2, 0.25) is 0 Å². The van der Waals surface area contributed by atoms with E-state index in [9.17, 15) is 37.1 Å². The molecule has 62 heavy (non-hydrogen) atoms. The molecule has 0 saturated heterocycles. The summed E-state index contributed by atoms with van der Waals surface area (Å²) in [5.41, 5.74) is 31.5. The summed E-state index contributed by atoms with van der Waals surface area (Å²) in [6, 6.07) is 12.1. The molecule has 0 saturated carbocycles. The largest absolute Gasteiger partial charge is 1.00 e. The van der Waals surface area contributed by atoms with Crippen LogP contribution in [0.25, 0.3) is 26.4 Å². The molecule has 30 heteroatoms. The average molecular weight is 896 g/mol. The van der Waals surface area contributed by atoms with E-state index in [-0.39, 0.29) is 105 Å². The van der Waals surface area contributed by atoms with Crippen LogP contribution in [0.1, 0.15) is 34.1 Å². The van der Waals surface area contributed by atoms with Crippen molar-refractivity contribution in [2.24, 2.45) is 26.5 Å². The molecular formula is C32H41F3N13NaO13. The van der Waals surface area contributed by atoms with Crippen LogP contribution in [0.5, 0.6) is 11.5 Å². The fourth-order valence-electron chi connectivity index (χ4n) is 3.74. The second-order valence-corrected chi connectivity index (χ2v) is 10.9. The first-order chi connectivity index (χ1) is 29.1. The number of halogens is 3. The Labute approximate surface area is 371 Å². The molecule has 2 amide bonds. The first kappa shape index (κ1) is 58.1. The number of benzene rings is 2. The normalized spacial score (nSPS) is 10.9. The molecule has 334 valence electrons. The van der Waals surface area contributed by atoms with Crippen molar-refractivity contribution in [3.05, 3.63) is 91.0 Å². The van der Waals surface area contributed by atoms with E-state index in [2.05, 4.69) is 35.9 Å². The third-order valence-electron chi connectivity index (χ3n) is 6.25. The van der Waals surface area contributed by atoms with Crippen LogP contribution < -0.4 is 60.9 Å². The maximum atomic E-state index is 12.2. The fraction of sp³-hybridized carbons (Fsp3) is 0.469. The van der Waals surface area contributed by atoms with Gasteiger partial charge in [-0.1, -0.05) is 22.4 Å². The number of aliphatic carboxylic acids is 1. The van der Waals surface area contributed by atoms with E-state index in [1.54, 1.807) is 18.2 Å². The third kappa shape index (κ3) is 30.1. The predicted molar refractivity (Wildman–Crippen MR) is 201 cm³/mol. The van der Waals surface area contributed by atoms with Gasteiger partial charge in [0.05, 0.1) is 33.1 Å². The van der Waals surface area contributed by atoms with Crippen molar-refractivity contribution in [2.75, 3.05) is 66.1 Å². The van der Waals surface area contributed by atoms with E-state index in [1.165, 1.54) is 42.8 Å². The number of azide groups is 2. The summed E-state index contributed by atoms with van der Waals surface area (Å²) in [6.07, 6.45) is -7.74. The SMILES string of the molecule is CC(=O)COCCOC(COc1cccc(C(=O)NCCC(=O)C(F)(F)F)c1)N=[N+]=[N-].[N-]=NNN=O.[N-]=[N+]=NC(COc1cccc(C(=O)NCN)c1)OCCOCC(=O)O.[Na+]. The average Bonchev–Trinajstić information content (AvgIpc) is 3.22. The minimum Gasteiger partial charge on any atom is -0.491 e. The smallest absolute Gasteiger partial charge is 0.491 e. The van der Waals surface area contributed by atoms with Gasteiger partial charge >= 0.3 is 41.7 Å². The molecule has 2 aromatic rings. The van der Waals surface area contributed by atoms with Crippen molar-refractivity contribution in [3.8, 4) is 11.5 Å². The zero-order valence-corrected chi connectivity index (χ0v) is 35.1. The van der Waals surface area contributed by atoms with E-state index in [0.717, 1.165) is 0 Å². The second kappa shape index (κ2) is 35.7. The Kier molecular flexibility index (Phi) is 33.5. The molecular weight excluding hydrogens is 854 g/mol. The zero-order chi connectivity index (χ0) is 45.9. The summed E-state index contributed by atoms with van der Waals surface area (Å²) >= 11 is 0. The van der Waals surface area contributed by atoms with Crippen molar-refractivity contribution in [1.29, 1.82) is 0 Å². The Morgan fingerprint density at radius 1 is 0.823 bits per heavy atom. The molecule has 26 nitrogen and oxygen atoms in total. The Hall–Kier alpha value is -6.00. The number of nitrogens with two attached hydrogens (primary N) is 1. The van der Waals surface area contributed by atoms with Gasteiger partial charge < -0.3 is 55.4 Å². The summed E-state index contributed by atoms with van der Waals surface area (Å²) in [5, 5.41) is 24.0. The maximum absolute atomic E-state index is 12.2. The summed E-state index contributed by atoms with van der Waals surface area (Å²) in [5.74, 6) is -3.60. The number of Topliss-reactive ketones (excluding diaryl/α,β-unsaturated/α-hetero) is 2. The molecule has 0 aliphatic carbocycles. The van der Waals surface area contributed by atoms with E-state index in [4.69, 9.17) is 60.8 Å². The van der Waals surface area contributed by atoms with E-state index in [0.29, 0.717) is 11.3 Å². The minimum absolute atomic E-state index is 0. The van der Waals surface area contributed by atoms with Crippen LogP contribution in [0.3, 0.4) is 0 Å². The van der Waals surface area contributed by atoms with Gasteiger partial charge in [0.25, 0.3) is 11.8 Å². The number of hydrogen-bond acceptors (Lipinski definition) is 17. The van der Waals surface area contributed by atoms with Gasteiger partial charge in [-0.15, -0.1) is 4.91 Å². The van der Waals surface area contributed by atoms with Crippen molar-refractivity contribution in [2.45, 2.75) is 32.0 Å². The number of nitroso groups, excluding NO2 is 1. The Morgan fingerprint density at radius 2 is 1.31 bits per heavy atom. The number of nitrogens with one attached hydrogen (secondary N) is 3. The van der Waals surface area contributed by atoms with Gasteiger partial charge in [0.15, 0.2) is 18.2 Å². The Morgan fingerprint density at radius 3 is 1.69 bits per heavy atom. The van der Waals surface area contributed by atoms with Crippen molar-refractivity contribution >= 4 is 29.4 Å². The first-order valence-corrected chi connectivity index (χ1v) is 17.0. The first-order valence-electron chi connectivity index (χ1n) is 17.0. The molecule has 0 spiro atoms. The van der Waals surface area contributed by atoms with Crippen molar-refractivity contribution in [1.82, 2.24) is 16.2 Å². The van der Waals surface area contributed by atoms with Crippen molar-refractivity contribution in [3.63, 3.8) is 0 Å². The van der Waals surface area contributed by atoms with Gasteiger partial charge in [-0.25, -0.2) is 4.79 Å². The summed E-state index contributed by atoms with van der Waals surface area (Å²) < 4.78 is 67.7. The Balaban J connectivity index is 0. The van der Waals surface area contributed by atoms with E-state index in [1.807, 2.05) is 5.29 Å². The minimum atomic E-state index is -4.94. The maximum Gasteiger partial charge on any atom is 1.00 e. The van der Waals surface area contributed by atoms with Gasteiger partial charge in [-0.2, -0.15) is 13.2 Å². The number of ketones is 2. The van der Waals surface area contributed by atoms with Crippen LogP contribution in [0.15, 0.2) is 69.3 Å². The number of hydrogen-bond donors (Lipinski definition) is 5. The second-order valence-electron chi connectivity index (χ2n) is 10.9. The number of carbonyl (C=O) groups excluding carboxylic acids is 4. The van der Waals surface area contributed by atoms with Gasteiger partial charge in [-0.3, -0.25) is 29.9 Å². The standard InChI is InChI=1S/C18H21F3N4O6.C14H19N5O6.HN4O.Na/c1-12(26)10-29-7-8-30-16(24-25-22)11-31-14-4-2-3-13(9-14)17(28)23-6-5-15(27)18(19,20)21;15-9-17-14(22)10-2-1-3-11(6-10)25-7-12(18-19-16)24-5-4-23-8-13(20)21;1-2-3-4-5;/h2-4,9,16H,5-8,10-11H2,1H3,(H,23,28);1-3,6,12H,4-5,7-9,15H2,(H,17,22)(H,20,21);(H-,1,3,5);/q;;-1;+1. The summed E-state index contributed by atoms with van der Waals surface area (Å²) in [4.78, 5) is 69.7. The van der Waals surface area contributed by atoms with E-state index >= 15 is 0 Å². The molecule has 0 aliphatic rings. The van der Waals surface area contributed by atoms with E-state index < -0.39 is 55.9 Å². The molecule has 2 aromatic carbocycles. The molecule has 0 bridgehead atoms. The number of carbonyl (C=O) groups is 5.